The summed E-state index contributed by atoms with van der Waals surface area (Å²) >= 11 is 4.82. The van der Waals surface area contributed by atoms with Gasteiger partial charge in [0, 0.05) is 19.8 Å². The number of hydrogen-bond donors (Lipinski definition) is 1. The summed E-state index contributed by atoms with van der Waals surface area (Å²) in [6.07, 6.45) is 2.03. The summed E-state index contributed by atoms with van der Waals surface area (Å²) in [5.74, 6) is 0.0217. The van der Waals surface area contributed by atoms with E-state index in [1.54, 1.807) is 0 Å². The van der Waals surface area contributed by atoms with E-state index in [9.17, 15) is 4.79 Å². The second-order valence-electron chi connectivity index (χ2n) is 4.71. The van der Waals surface area contributed by atoms with Crippen molar-refractivity contribution >= 4 is 33.2 Å². The summed E-state index contributed by atoms with van der Waals surface area (Å²) in [6, 6.07) is 3.74. The first kappa shape index (κ1) is 13.1. The van der Waals surface area contributed by atoms with Gasteiger partial charge in [0.05, 0.1) is 8.66 Å². The summed E-state index contributed by atoms with van der Waals surface area (Å²) in [5.41, 5.74) is 0.183. The summed E-state index contributed by atoms with van der Waals surface area (Å²) in [6.45, 7) is 4.54. The number of ether oxygens (including phenoxy) is 1. The standard InChI is InChI=1S/C12H16BrNO2S/c1-12(4-6-16-7-5-12)8-14-11(15)9-2-3-10(13)17-9/h2-3H,4-8H2,1H3,(H,14,15). The molecule has 0 bridgehead atoms. The van der Waals surface area contributed by atoms with Crippen molar-refractivity contribution in [1.82, 2.24) is 5.32 Å². The van der Waals surface area contributed by atoms with E-state index in [0.29, 0.717) is 0 Å². The van der Waals surface area contributed by atoms with Gasteiger partial charge in [0.15, 0.2) is 0 Å². The molecule has 94 valence electrons. The molecule has 1 aromatic heterocycles. The molecule has 0 radical (unpaired) electrons. The van der Waals surface area contributed by atoms with E-state index >= 15 is 0 Å². The molecule has 1 aliphatic heterocycles. The molecular formula is C12H16BrNO2S. The van der Waals surface area contributed by atoms with Crippen molar-refractivity contribution in [1.29, 1.82) is 0 Å². The molecule has 0 spiro atoms. The lowest BCUT2D eigenvalue weighted by Crippen LogP contribution is -2.39. The van der Waals surface area contributed by atoms with E-state index in [4.69, 9.17) is 4.74 Å². The Morgan fingerprint density at radius 2 is 2.24 bits per heavy atom. The Morgan fingerprint density at radius 3 is 2.82 bits per heavy atom. The van der Waals surface area contributed by atoms with Crippen molar-refractivity contribution in [2.45, 2.75) is 19.8 Å². The van der Waals surface area contributed by atoms with Crippen LogP contribution in [-0.4, -0.2) is 25.7 Å². The summed E-state index contributed by atoms with van der Waals surface area (Å²) in [4.78, 5) is 12.6. The summed E-state index contributed by atoms with van der Waals surface area (Å²) < 4.78 is 6.33. The third-order valence-electron chi connectivity index (χ3n) is 3.17. The van der Waals surface area contributed by atoms with Crippen LogP contribution in [0.1, 0.15) is 29.4 Å². The zero-order chi connectivity index (χ0) is 12.3. The van der Waals surface area contributed by atoms with Gasteiger partial charge in [-0.3, -0.25) is 4.79 Å². The molecule has 5 heteroatoms. The average Bonchev–Trinajstić information content (AvgIpc) is 2.74. The molecule has 1 fully saturated rings. The molecule has 1 N–H and O–H groups in total. The minimum Gasteiger partial charge on any atom is -0.381 e. The van der Waals surface area contributed by atoms with Crippen LogP contribution >= 0.6 is 27.3 Å². The van der Waals surface area contributed by atoms with Gasteiger partial charge in [0.2, 0.25) is 0 Å². The van der Waals surface area contributed by atoms with Gasteiger partial charge < -0.3 is 10.1 Å². The zero-order valence-electron chi connectivity index (χ0n) is 9.79. The number of thiophene rings is 1. The fourth-order valence-corrected chi connectivity index (χ4v) is 3.16. The van der Waals surface area contributed by atoms with Crippen molar-refractivity contribution in [3.05, 3.63) is 20.8 Å². The Morgan fingerprint density at radius 1 is 1.53 bits per heavy atom. The lowest BCUT2D eigenvalue weighted by molar-refractivity contribution is 0.0239. The zero-order valence-corrected chi connectivity index (χ0v) is 12.2. The topological polar surface area (TPSA) is 38.3 Å². The quantitative estimate of drug-likeness (QED) is 0.930. The second-order valence-corrected chi connectivity index (χ2v) is 7.17. The molecular weight excluding hydrogens is 302 g/mol. The monoisotopic (exact) mass is 317 g/mol. The van der Waals surface area contributed by atoms with Crippen LogP contribution in [0.5, 0.6) is 0 Å². The SMILES string of the molecule is CC1(CNC(=O)c2ccc(Br)s2)CCOCC1. The number of carbonyl (C=O) groups excluding carboxylic acids is 1. The van der Waals surface area contributed by atoms with Crippen LogP contribution in [0, 0.1) is 5.41 Å². The van der Waals surface area contributed by atoms with E-state index in [-0.39, 0.29) is 11.3 Å². The van der Waals surface area contributed by atoms with E-state index in [1.807, 2.05) is 12.1 Å². The van der Waals surface area contributed by atoms with E-state index in [1.165, 1.54) is 11.3 Å². The highest BCUT2D eigenvalue weighted by Crippen LogP contribution is 2.29. The van der Waals surface area contributed by atoms with Gasteiger partial charge in [-0.1, -0.05) is 6.92 Å². The molecule has 1 aliphatic rings. The predicted octanol–water partition coefficient (Wildman–Crippen LogP) is 3.06. The minimum atomic E-state index is 0.0217. The number of amides is 1. The largest absolute Gasteiger partial charge is 0.381 e. The maximum absolute atomic E-state index is 11.9. The van der Waals surface area contributed by atoms with Crippen molar-refractivity contribution < 1.29 is 9.53 Å². The second kappa shape index (κ2) is 5.50. The third-order valence-corrected chi connectivity index (χ3v) is 4.80. The minimum absolute atomic E-state index is 0.0217. The highest BCUT2D eigenvalue weighted by atomic mass is 79.9. The fourth-order valence-electron chi connectivity index (χ4n) is 1.86. The molecule has 0 unspecified atom stereocenters. The molecule has 1 aromatic rings. The highest BCUT2D eigenvalue weighted by molar-refractivity contribution is 9.11. The van der Waals surface area contributed by atoms with Crippen molar-refractivity contribution in [3.8, 4) is 0 Å². The molecule has 3 nitrogen and oxygen atoms in total. The van der Waals surface area contributed by atoms with E-state index in [0.717, 1.165) is 41.3 Å². The van der Waals surface area contributed by atoms with Gasteiger partial charge in [0.1, 0.15) is 0 Å². The molecule has 0 aromatic carbocycles. The molecule has 17 heavy (non-hydrogen) atoms. The maximum atomic E-state index is 11.9. The number of carbonyl (C=O) groups is 1. The number of rotatable bonds is 3. The van der Waals surface area contributed by atoms with Crippen molar-refractivity contribution in [3.63, 3.8) is 0 Å². The Labute approximate surface area is 114 Å². The summed E-state index contributed by atoms with van der Waals surface area (Å²) in [7, 11) is 0. The first-order valence-corrected chi connectivity index (χ1v) is 7.31. The van der Waals surface area contributed by atoms with Crippen molar-refractivity contribution in [2.24, 2.45) is 5.41 Å². The van der Waals surface area contributed by atoms with Crippen molar-refractivity contribution in [2.75, 3.05) is 19.8 Å². The molecule has 0 saturated carbocycles. The number of hydrogen-bond acceptors (Lipinski definition) is 3. The van der Waals surface area contributed by atoms with E-state index < -0.39 is 0 Å². The van der Waals surface area contributed by atoms with Gasteiger partial charge in [-0.05, 0) is 46.3 Å². The average molecular weight is 318 g/mol. The van der Waals surface area contributed by atoms with Crippen LogP contribution < -0.4 is 5.32 Å². The van der Waals surface area contributed by atoms with Crippen LogP contribution in [-0.2, 0) is 4.74 Å². The fraction of sp³-hybridized carbons (Fsp3) is 0.583. The number of halogens is 1. The molecule has 0 atom stereocenters. The first-order chi connectivity index (χ1) is 8.09. The molecule has 0 aliphatic carbocycles. The summed E-state index contributed by atoms with van der Waals surface area (Å²) in [5, 5.41) is 3.02. The molecule has 2 rings (SSSR count). The Hall–Kier alpha value is -0.390. The van der Waals surface area contributed by atoms with Crippen LogP contribution in [0.3, 0.4) is 0 Å². The van der Waals surface area contributed by atoms with Gasteiger partial charge in [-0.25, -0.2) is 0 Å². The van der Waals surface area contributed by atoms with Gasteiger partial charge in [0.25, 0.3) is 5.91 Å². The van der Waals surface area contributed by atoms with Gasteiger partial charge in [-0.15, -0.1) is 11.3 Å². The van der Waals surface area contributed by atoms with E-state index in [2.05, 4.69) is 28.2 Å². The van der Waals surface area contributed by atoms with Gasteiger partial charge in [-0.2, -0.15) is 0 Å². The highest BCUT2D eigenvalue weighted by Gasteiger charge is 2.27. The van der Waals surface area contributed by atoms with Gasteiger partial charge >= 0.3 is 0 Å². The molecule has 2 heterocycles. The predicted molar refractivity (Wildman–Crippen MR) is 72.5 cm³/mol. The smallest absolute Gasteiger partial charge is 0.261 e. The van der Waals surface area contributed by atoms with Crippen LogP contribution in [0.4, 0.5) is 0 Å². The molecule has 1 amide bonds. The Bertz CT molecular complexity index is 399. The Balaban J connectivity index is 1.87. The van der Waals surface area contributed by atoms with Crippen LogP contribution in [0.2, 0.25) is 0 Å². The third kappa shape index (κ3) is 3.53. The first-order valence-electron chi connectivity index (χ1n) is 5.70. The van der Waals surface area contributed by atoms with Crippen LogP contribution in [0.15, 0.2) is 15.9 Å². The Kier molecular flexibility index (Phi) is 4.22. The normalized spacial score (nSPS) is 18.9. The maximum Gasteiger partial charge on any atom is 0.261 e. The van der Waals surface area contributed by atoms with Crippen LogP contribution in [0.25, 0.3) is 0 Å². The lowest BCUT2D eigenvalue weighted by atomic mass is 9.82. The molecule has 1 saturated heterocycles. The number of nitrogens with one attached hydrogen (secondary N) is 1. The lowest BCUT2D eigenvalue weighted by Gasteiger charge is -2.33.